The first kappa shape index (κ1) is 100. The Morgan fingerprint density at radius 3 is 1.32 bits per heavy atom. The van der Waals surface area contributed by atoms with E-state index in [2.05, 4.69) is 57.2 Å². The summed E-state index contributed by atoms with van der Waals surface area (Å²) in [4.78, 5) is 54.2. The van der Waals surface area contributed by atoms with Crippen LogP contribution in [0.1, 0.15) is 63.0 Å². The number of carbonyl (C=O) groups is 4. The van der Waals surface area contributed by atoms with Gasteiger partial charge < -0.3 is 156 Å². The highest BCUT2D eigenvalue weighted by Crippen LogP contribution is 2.40. The Kier molecular flexibility index (Phi) is 43.9. The number of aliphatic hydroxyl groups is 6. The van der Waals surface area contributed by atoms with Crippen molar-refractivity contribution in [3.8, 4) is 0 Å². The molecule has 1 unspecified atom stereocenters. The molecule has 6 aliphatic rings. The van der Waals surface area contributed by atoms with E-state index in [4.69, 9.17) is 104 Å². The van der Waals surface area contributed by atoms with Gasteiger partial charge in [0.2, 0.25) is 17.7 Å². The van der Waals surface area contributed by atoms with Crippen LogP contribution in [0.4, 0.5) is 4.79 Å². The lowest BCUT2D eigenvalue weighted by molar-refractivity contribution is -0.238. The van der Waals surface area contributed by atoms with Gasteiger partial charge in [0, 0.05) is 45.2 Å². The Labute approximate surface area is 725 Å². The number of amides is 4. The van der Waals surface area contributed by atoms with Crippen molar-refractivity contribution in [1.82, 2.24) is 71.2 Å². The van der Waals surface area contributed by atoms with E-state index in [1.165, 1.54) is 35.4 Å². The number of ether oxygens (including phenoxy) is 22. The van der Waals surface area contributed by atoms with Gasteiger partial charge in [0.1, 0.15) is 93.7 Å². The molecule has 6 saturated heterocycles. The summed E-state index contributed by atoms with van der Waals surface area (Å²) in [6.07, 6.45) is -1.36. The van der Waals surface area contributed by atoms with Crippen LogP contribution in [0.25, 0.3) is 0 Å². The van der Waals surface area contributed by atoms with E-state index in [1.807, 2.05) is 18.2 Å². The molecule has 10 heterocycles. The molecule has 46 nitrogen and oxygen atoms in total. The number of aliphatic hydroxyl groups excluding tert-OH is 6. The van der Waals surface area contributed by atoms with E-state index in [0.29, 0.717) is 161 Å². The number of nitrogens with zero attached hydrogens (tertiary/aromatic N) is 10. The molecule has 4 aromatic heterocycles. The second-order valence-corrected chi connectivity index (χ2v) is 32.5. The third kappa shape index (κ3) is 33.4. The lowest BCUT2D eigenvalue weighted by atomic mass is 9.88. The number of rotatable bonds is 68. The molecule has 0 aliphatic carbocycles. The van der Waals surface area contributed by atoms with Crippen LogP contribution in [0.15, 0.2) is 48.0 Å². The van der Waals surface area contributed by atoms with Gasteiger partial charge in [-0.15, -0.1) is 15.3 Å². The molecule has 0 saturated carbocycles. The highest BCUT2D eigenvalue weighted by molar-refractivity contribution is 8.76. The Balaban J connectivity index is 0.650. The van der Waals surface area contributed by atoms with Crippen molar-refractivity contribution in [3.63, 3.8) is 0 Å². The van der Waals surface area contributed by atoms with E-state index in [9.17, 15) is 49.8 Å². The summed E-state index contributed by atoms with van der Waals surface area (Å²) in [5, 5.41) is 101. The third-order valence-corrected chi connectivity index (χ3v) is 22.3. The second-order valence-electron chi connectivity index (χ2n) is 30.1. The summed E-state index contributed by atoms with van der Waals surface area (Å²) < 4.78 is 132. The summed E-state index contributed by atoms with van der Waals surface area (Å²) in [6, 6.07) is 3.84. The summed E-state index contributed by atoms with van der Waals surface area (Å²) in [6.45, 7) is 9.85. The van der Waals surface area contributed by atoms with Gasteiger partial charge in [-0.05, 0) is 35.8 Å². The van der Waals surface area contributed by atoms with E-state index in [0.717, 1.165) is 5.03 Å². The Morgan fingerprint density at radius 2 is 0.903 bits per heavy atom. The molecule has 4 aromatic rings. The van der Waals surface area contributed by atoms with E-state index < -0.39 is 108 Å². The molecule has 6 fully saturated rings. The molecular weight excluding hydrogens is 1690 g/mol. The number of aromatic nitrogens is 10. The van der Waals surface area contributed by atoms with Gasteiger partial charge in [-0.3, -0.25) is 14.4 Å². The number of hydrogen-bond acceptors (Lipinski definition) is 41. The van der Waals surface area contributed by atoms with Gasteiger partial charge in [-0.2, -0.15) is 0 Å². The second kappa shape index (κ2) is 54.4. The Hall–Kier alpha value is -6.13. The first-order chi connectivity index (χ1) is 60.3. The van der Waals surface area contributed by atoms with Crippen molar-refractivity contribution in [3.05, 3.63) is 60.1 Å². The molecule has 15 atom stereocenters. The predicted molar refractivity (Wildman–Crippen MR) is 427 cm³/mol. The van der Waals surface area contributed by atoms with Gasteiger partial charge in [-0.1, -0.05) is 38.9 Å². The molecule has 0 aromatic carbocycles. The first-order valence-corrected chi connectivity index (χ1v) is 43.9. The molecule has 48 heteroatoms. The maximum Gasteiger partial charge on any atom is 0.407 e. The number of hydrogen-bond donors (Lipinski definition) is 10. The minimum absolute atomic E-state index is 0.0134. The van der Waals surface area contributed by atoms with Crippen LogP contribution >= 0.6 is 21.6 Å². The Bertz CT molecular complexity index is 3540. The Morgan fingerprint density at radius 1 is 0.492 bits per heavy atom. The zero-order valence-corrected chi connectivity index (χ0v) is 71.7. The number of fused-ring (bicyclic) bond motifs is 6. The largest absolute Gasteiger partial charge is 0.449 e. The maximum atomic E-state index is 14.2. The van der Waals surface area contributed by atoms with Crippen LogP contribution in [-0.4, -0.2) is 411 Å². The fourth-order valence-electron chi connectivity index (χ4n) is 13.7. The van der Waals surface area contributed by atoms with Crippen LogP contribution in [0.3, 0.4) is 0 Å². The number of pyridine rings is 1. The van der Waals surface area contributed by atoms with Gasteiger partial charge >= 0.3 is 6.09 Å². The average molecular weight is 1810 g/mol. The summed E-state index contributed by atoms with van der Waals surface area (Å²) in [5.41, 5.74) is -3.48. The topological polar surface area (TPSA) is 546 Å². The molecule has 0 radical (unpaired) electrons. The molecule has 4 amide bonds. The standard InChI is InChI=1S/C76H122N14O32S2/c1-54(91)79-63-65(95)68(98)75(52-118-70(63)121-75)49-111-34-31-108-28-25-105-22-19-102-16-13-89-40-57(83-86-89)43-114-46-73(81-60(94)8-4-3-6-11-78-72(100)116-36-37-123-124-61-9-5-7-10-77-61,45-113-42-56-39-88(85-82-56)12-15-101-18-21-104-24-27-107-30-33-110-48-74-51-117-62(120-74)38-59(93)67(74)97)47-115-44-58-41-90(87-84-58)14-17-103-20-23-106-26-29-109-32-35-112-50-76-53-119-71(122-76)64(80-55(2)92)66(96)69(76)99/h5,7,9-10,39-41,59,62-71,93,95-99H,3-4,6,8,11-38,42-53H2,1-2H3,(H,78,100)(H,79,91)(H,80,92)(H,81,94)/t59-,62+,63-,64-,65-,66-,67-,68-,69-,70-,71+,73?,74+,75+,76+/m1/s1. The smallest absolute Gasteiger partial charge is 0.407 e. The summed E-state index contributed by atoms with van der Waals surface area (Å²) in [7, 11) is 3.03. The van der Waals surface area contributed by atoms with Crippen LogP contribution < -0.4 is 21.3 Å². The van der Waals surface area contributed by atoms with Crippen molar-refractivity contribution >= 4 is 45.4 Å². The predicted octanol–water partition coefficient (Wildman–Crippen LogP) is -3.47. The van der Waals surface area contributed by atoms with Gasteiger partial charge in [0.05, 0.1) is 262 Å². The van der Waals surface area contributed by atoms with Crippen molar-refractivity contribution in [2.45, 2.75) is 180 Å². The summed E-state index contributed by atoms with van der Waals surface area (Å²) >= 11 is 0. The highest BCUT2D eigenvalue weighted by atomic mass is 33.1. The van der Waals surface area contributed by atoms with Crippen LogP contribution in [-0.2, 0) is 158 Å². The molecule has 6 aliphatic heterocycles. The normalized spacial score (nSPS) is 25.5. The number of nitrogens with one attached hydrogen (secondary N) is 4. The molecule has 124 heavy (non-hydrogen) atoms. The van der Waals surface area contributed by atoms with Crippen molar-refractivity contribution < 1.29 is 154 Å². The zero-order valence-electron chi connectivity index (χ0n) is 70.1. The third-order valence-electron chi connectivity index (χ3n) is 20.1. The number of unbranched alkanes of at least 4 members (excludes halogenated alkanes) is 2. The molecule has 10 rings (SSSR count). The zero-order chi connectivity index (χ0) is 87.5. The van der Waals surface area contributed by atoms with E-state index >= 15 is 0 Å². The van der Waals surface area contributed by atoms with Crippen LogP contribution in [0, 0.1) is 0 Å². The van der Waals surface area contributed by atoms with E-state index in [1.54, 1.807) is 38.8 Å². The molecular formula is C76H122N14O32S2. The molecule has 10 N–H and O–H groups in total. The quantitative estimate of drug-likeness (QED) is 0.0152. The lowest BCUT2D eigenvalue weighted by Gasteiger charge is -2.42. The summed E-state index contributed by atoms with van der Waals surface area (Å²) in [5.74, 6) is -0.520. The fourth-order valence-corrected chi connectivity index (χ4v) is 15.4. The number of alkyl carbamates (subject to hydrolysis) is 1. The van der Waals surface area contributed by atoms with Crippen molar-refractivity contribution in [1.29, 1.82) is 0 Å². The molecule has 6 bridgehead atoms. The minimum atomic E-state index is -1.35. The average Bonchev–Trinajstić information content (AvgIpc) is 1.60. The van der Waals surface area contributed by atoms with Crippen LogP contribution in [0.2, 0.25) is 0 Å². The van der Waals surface area contributed by atoms with E-state index in [-0.39, 0.29) is 151 Å². The van der Waals surface area contributed by atoms with Crippen molar-refractivity contribution in [2.75, 3.05) is 217 Å². The fraction of sp³-hybridized carbons (Fsp3) is 0.803. The lowest BCUT2D eigenvalue weighted by Crippen LogP contribution is -2.66. The van der Waals surface area contributed by atoms with Crippen LogP contribution in [0.5, 0.6) is 0 Å². The highest BCUT2D eigenvalue weighted by Gasteiger charge is 2.61. The molecule has 0 spiro atoms. The van der Waals surface area contributed by atoms with Crippen molar-refractivity contribution in [2.24, 2.45) is 0 Å². The van der Waals surface area contributed by atoms with Gasteiger partial charge in [-0.25, -0.2) is 23.8 Å². The first-order valence-electron chi connectivity index (χ1n) is 41.6. The molecule has 700 valence electrons. The monoisotopic (exact) mass is 1810 g/mol. The SMILES string of the molecule is CC(=O)N[C@H]1[C@@H]2OC[C@](COCCOCCOCCOCCn3cc(COCC(COCc4cn(CCOCCOCCOCCOC[C@@]56CO[C@@H](O5)[C@H](NC(C)=O)[C@@H](O)[C@H]6O)nn4)(COCc4cn(CCOCCOCCOCCOC[C@]56CO[C@H](C[C@@H](O)[C@H]5O)O6)nn4)NC(=O)CCCCCNC(=O)OCCSSc4ccccn4)nn3)(O2)[C@H](O)[C@@H]1O. The maximum absolute atomic E-state index is 14.2. The number of carbonyl (C=O) groups excluding carboxylic acids is 4. The minimum Gasteiger partial charge on any atom is -0.449 e. The van der Waals surface area contributed by atoms with Gasteiger partial charge in [0.25, 0.3) is 0 Å². The van der Waals surface area contributed by atoms with Gasteiger partial charge in [0.15, 0.2) is 18.9 Å².